The Morgan fingerprint density at radius 3 is 2.64 bits per heavy atom. The molecule has 0 atom stereocenters. The number of nitrogens with zero attached hydrogens (tertiary/aromatic N) is 2. The van der Waals surface area contributed by atoms with E-state index in [4.69, 9.17) is 4.42 Å². The first-order chi connectivity index (χ1) is 13.5. The molecule has 0 radical (unpaired) electrons. The monoisotopic (exact) mass is 385 g/mol. The van der Waals surface area contributed by atoms with E-state index in [1.165, 1.54) is 38.8 Å². The number of amides is 1. The molecular formula is C22H31N3O3. The molecule has 1 amide bonds. The minimum Gasteiger partial charge on any atom is -0.408 e. The van der Waals surface area contributed by atoms with Crippen molar-refractivity contribution in [1.82, 2.24) is 14.8 Å². The zero-order chi connectivity index (χ0) is 19.6. The summed E-state index contributed by atoms with van der Waals surface area (Å²) in [6.07, 6.45) is 8.36. The van der Waals surface area contributed by atoms with Crippen molar-refractivity contribution in [3.63, 3.8) is 0 Å². The fraction of sp³-hybridized carbons (Fsp3) is 0.636. The van der Waals surface area contributed by atoms with Gasteiger partial charge in [0, 0.05) is 19.0 Å². The fourth-order valence-electron chi connectivity index (χ4n) is 4.89. The SMILES string of the molecule is CN1CCC2(CCC(NC(=O)CCCn3c(=O)oc4ccccc43)CC2)CC1. The van der Waals surface area contributed by atoms with Crippen molar-refractivity contribution >= 4 is 17.0 Å². The average Bonchev–Trinajstić information content (AvgIpc) is 3.02. The third kappa shape index (κ3) is 4.17. The van der Waals surface area contributed by atoms with Gasteiger partial charge in [-0.25, -0.2) is 4.79 Å². The van der Waals surface area contributed by atoms with Crippen molar-refractivity contribution in [2.75, 3.05) is 20.1 Å². The Hall–Kier alpha value is -2.08. The van der Waals surface area contributed by atoms with E-state index in [9.17, 15) is 9.59 Å². The minimum absolute atomic E-state index is 0.102. The molecule has 1 aromatic carbocycles. The Kier molecular flexibility index (Phi) is 5.58. The van der Waals surface area contributed by atoms with Crippen LogP contribution in [0.15, 0.2) is 33.5 Å². The van der Waals surface area contributed by atoms with E-state index in [2.05, 4.69) is 17.3 Å². The van der Waals surface area contributed by atoms with Crippen LogP contribution in [0.5, 0.6) is 0 Å². The van der Waals surface area contributed by atoms with Crippen molar-refractivity contribution in [2.24, 2.45) is 5.41 Å². The highest BCUT2D eigenvalue weighted by molar-refractivity contribution is 5.76. The van der Waals surface area contributed by atoms with Crippen molar-refractivity contribution in [1.29, 1.82) is 0 Å². The van der Waals surface area contributed by atoms with Crippen molar-refractivity contribution in [3.05, 3.63) is 34.8 Å². The van der Waals surface area contributed by atoms with Crippen LogP contribution in [0.2, 0.25) is 0 Å². The topological polar surface area (TPSA) is 67.5 Å². The number of likely N-dealkylation sites (tertiary alicyclic amines) is 1. The van der Waals surface area contributed by atoms with Crippen LogP contribution >= 0.6 is 0 Å². The fourth-order valence-corrected chi connectivity index (χ4v) is 4.89. The van der Waals surface area contributed by atoms with Gasteiger partial charge in [-0.15, -0.1) is 0 Å². The summed E-state index contributed by atoms with van der Waals surface area (Å²) >= 11 is 0. The second-order valence-corrected chi connectivity index (χ2v) is 8.74. The first kappa shape index (κ1) is 19.2. The molecule has 6 nitrogen and oxygen atoms in total. The Bertz CT molecular complexity index is 867. The lowest BCUT2D eigenvalue weighted by Gasteiger charge is -2.45. The number of piperidine rings is 1. The van der Waals surface area contributed by atoms with Crippen LogP contribution < -0.4 is 11.1 Å². The number of nitrogens with one attached hydrogen (secondary N) is 1. The van der Waals surface area contributed by atoms with Gasteiger partial charge >= 0.3 is 5.76 Å². The van der Waals surface area contributed by atoms with Gasteiger partial charge in [-0.05, 0) is 82.6 Å². The largest absolute Gasteiger partial charge is 0.419 e. The van der Waals surface area contributed by atoms with E-state index in [-0.39, 0.29) is 11.7 Å². The van der Waals surface area contributed by atoms with Gasteiger partial charge in [-0.2, -0.15) is 0 Å². The number of aromatic nitrogens is 1. The summed E-state index contributed by atoms with van der Waals surface area (Å²) in [7, 11) is 2.21. The Balaban J connectivity index is 1.22. The lowest BCUT2D eigenvalue weighted by atomic mass is 9.67. The lowest BCUT2D eigenvalue weighted by Crippen LogP contribution is -2.44. The highest BCUT2D eigenvalue weighted by Gasteiger charge is 2.37. The molecule has 1 aromatic heterocycles. The molecule has 1 saturated heterocycles. The van der Waals surface area contributed by atoms with Gasteiger partial charge in [0.1, 0.15) is 0 Å². The summed E-state index contributed by atoms with van der Waals surface area (Å²) in [5.41, 5.74) is 1.92. The number of fused-ring (bicyclic) bond motifs is 1. The zero-order valence-electron chi connectivity index (χ0n) is 16.8. The van der Waals surface area contributed by atoms with E-state index >= 15 is 0 Å². The second-order valence-electron chi connectivity index (χ2n) is 8.74. The minimum atomic E-state index is -0.350. The molecule has 4 rings (SSSR count). The standard InChI is InChI=1S/C22H31N3O3/c1-24-15-12-22(13-16-24)10-8-17(9-11-22)23-20(26)7-4-14-25-18-5-2-3-6-19(18)28-21(25)27/h2-3,5-6,17H,4,7-16H2,1H3,(H,23,26). The summed E-state index contributed by atoms with van der Waals surface area (Å²) in [6.45, 7) is 2.92. The molecule has 2 aliphatic rings. The Morgan fingerprint density at radius 1 is 1.18 bits per heavy atom. The first-order valence-electron chi connectivity index (χ1n) is 10.6. The molecule has 2 heterocycles. The zero-order valence-corrected chi connectivity index (χ0v) is 16.8. The van der Waals surface area contributed by atoms with E-state index in [0.717, 1.165) is 18.4 Å². The molecule has 0 unspecified atom stereocenters. The van der Waals surface area contributed by atoms with Gasteiger partial charge in [-0.3, -0.25) is 9.36 Å². The number of aryl methyl sites for hydroxylation is 1. The van der Waals surface area contributed by atoms with Crippen LogP contribution in [-0.4, -0.2) is 41.6 Å². The third-order valence-electron chi connectivity index (χ3n) is 6.82. The van der Waals surface area contributed by atoms with Gasteiger partial charge in [0.25, 0.3) is 0 Å². The predicted molar refractivity (Wildman–Crippen MR) is 109 cm³/mol. The number of carbonyl (C=O) groups excluding carboxylic acids is 1. The van der Waals surface area contributed by atoms with Gasteiger partial charge in [0.2, 0.25) is 5.91 Å². The Morgan fingerprint density at radius 2 is 1.89 bits per heavy atom. The average molecular weight is 386 g/mol. The van der Waals surface area contributed by atoms with Gasteiger partial charge in [0.15, 0.2) is 5.58 Å². The lowest BCUT2D eigenvalue weighted by molar-refractivity contribution is -0.122. The molecule has 28 heavy (non-hydrogen) atoms. The number of oxazole rings is 1. The summed E-state index contributed by atoms with van der Waals surface area (Å²) < 4.78 is 6.86. The molecule has 2 fully saturated rings. The van der Waals surface area contributed by atoms with Crippen LogP contribution in [-0.2, 0) is 11.3 Å². The number of para-hydroxylation sites is 2. The molecule has 1 saturated carbocycles. The molecule has 1 spiro atoms. The van der Waals surface area contributed by atoms with Crippen molar-refractivity contribution in [3.8, 4) is 0 Å². The summed E-state index contributed by atoms with van der Waals surface area (Å²) in [4.78, 5) is 26.8. The number of benzene rings is 1. The highest BCUT2D eigenvalue weighted by Crippen LogP contribution is 2.44. The molecule has 6 heteroatoms. The maximum Gasteiger partial charge on any atom is 0.419 e. The van der Waals surface area contributed by atoms with Gasteiger partial charge < -0.3 is 14.6 Å². The molecule has 0 bridgehead atoms. The maximum absolute atomic E-state index is 12.4. The summed E-state index contributed by atoms with van der Waals surface area (Å²) in [6, 6.07) is 7.72. The molecule has 1 N–H and O–H groups in total. The summed E-state index contributed by atoms with van der Waals surface area (Å²) in [5.74, 6) is -0.248. The first-order valence-corrected chi connectivity index (χ1v) is 10.6. The van der Waals surface area contributed by atoms with E-state index in [0.29, 0.717) is 36.4 Å². The predicted octanol–water partition coefficient (Wildman–Crippen LogP) is 3.15. The van der Waals surface area contributed by atoms with Crippen LogP contribution in [0.25, 0.3) is 11.1 Å². The van der Waals surface area contributed by atoms with E-state index in [1.807, 2.05) is 18.2 Å². The van der Waals surface area contributed by atoms with Crippen LogP contribution in [0.3, 0.4) is 0 Å². The van der Waals surface area contributed by atoms with Crippen molar-refractivity contribution in [2.45, 2.75) is 64.0 Å². The van der Waals surface area contributed by atoms with Gasteiger partial charge in [-0.1, -0.05) is 12.1 Å². The third-order valence-corrected chi connectivity index (χ3v) is 6.82. The second kappa shape index (κ2) is 8.11. The molecular weight excluding hydrogens is 354 g/mol. The Labute approximate surface area is 165 Å². The van der Waals surface area contributed by atoms with Crippen LogP contribution in [0.1, 0.15) is 51.4 Å². The van der Waals surface area contributed by atoms with Crippen molar-refractivity contribution < 1.29 is 9.21 Å². The van der Waals surface area contributed by atoms with Crippen LogP contribution in [0.4, 0.5) is 0 Å². The van der Waals surface area contributed by atoms with Crippen LogP contribution in [0, 0.1) is 5.41 Å². The number of hydrogen-bond acceptors (Lipinski definition) is 4. The quantitative estimate of drug-likeness (QED) is 0.859. The molecule has 152 valence electrons. The maximum atomic E-state index is 12.4. The molecule has 1 aliphatic heterocycles. The molecule has 2 aromatic rings. The number of rotatable bonds is 5. The van der Waals surface area contributed by atoms with E-state index in [1.54, 1.807) is 10.6 Å². The smallest absolute Gasteiger partial charge is 0.408 e. The highest BCUT2D eigenvalue weighted by atomic mass is 16.4. The van der Waals surface area contributed by atoms with E-state index < -0.39 is 0 Å². The normalized spacial score (nSPS) is 20.6. The van der Waals surface area contributed by atoms with Gasteiger partial charge in [0.05, 0.1) is 5.52 Å². The number of carbonyl (C=O) groups is 1. The number of hydrogen-bond donors (Lipinski definition) is 1. The molecule has 1 aliphatic carbocycles. The summed E-state index contributed by atoms with van der Waals surface area (Å²) in [5, 5.41) is 3.22.